The van der Waals surface area contributed by atoms with Crippen LogP contribution in [0.5, 0.6) is 0 Å². The van der Waals surface area contributed by atoms with Gasteiger partial charge in [0, 0.05) is 23.8 Å². The van der Waals surface area contributed by atoms with Crippen molar-refractivity contribution in [2.24, 2.45) is 11.3 Å². The molecule has 4 rings (SSSR count). The smallest absolute Gasteiger partial charge is 0.0441 e. The number of hydrogen-bond donors (Lipinski definition) is 0. The molecule has 1 saturated heterocycles. The minimum absolute atomic E-state index is 0.432. The molecule has 1 fully saturated rings. The Balaban J connectivity index is 1.89. The topological polar surface area (TPSA) is 3.24 Å². The van der Waals surface area contributed by atoms with Crippen LogP contribution in [0.4, 0.5) is 5.69 Å². The number of allylic oxidation sites excluding steroid dienone is 4. The molecule has 1 aromatic carbocycles. The molecule has 0 amide bonds. The normalized spacial score (nSPS) is 26.9. The fourth-order valence-corrected chi connectivity index (χ4v) is 4.23. The zero-order valence-electron chi connectivity index (χ0n) is 12.5. The predicted octanol–water partition coefficient (Wildman–Crippen LogP) is 4.70. The zero-order valence-corrected chi connectivity index (χ0v) is 12.5. The number of fused-ring (bicyclic) bond motifs is 2. The van der Waals surface area contributed by atoms with Gasteiger partial charge in [-0.1, -0.05) is 44.2 Å². The summed E-state index contributed by atoms with van der Waals surface area (Å²) in [5.74, 6) is 0.697. The lowest BCUT2D eigenvalue weighted by Gasteiger charge is -2.48. The molecule has 0 aromatic heterocycles. The molecule has 1 unspecified atom stereocenters. The number of nitrogens with zero attached hydrogens (tertiary/aromatic N) is 1. The van der Waals surface area contributed by atoms with Crippen molar-refractivity contribution in [3.05, 3.63) is 53.3 Å². The van der Waals surface area contributed by atoms with Crippen LogP contribution in [0.25, 0.3) is 0 Å². The van der Waals surface area contributed by atoms with E-state index in [1.54, 1.807) is 11.3 Å². The molecule has 2 aliphatic heterocycles. The van der Waals surface area contributed by atoms with Crippen molar-refractivity contribution in [2.75, 3.05) is 11.4 Å². The molecule has 20 heavy (non-hydrogen) atoms. The maximum absolute atomic E-state index is 2.64. The van der Waals surface area contributed by atoms with Crippen LogP contribution >= 0.6 is 0 Å². The zero-order chi connectivity index (χ0) is 13.7. The molecule has 104 valence electrons. The summed E-state index contributed by atoms with van der Waals surface area (Å²) < 4.78 is 0. The van der Waals surface area contributed by atoms with E-state index in [-0.39, 0.29) is 0 Å². The second kappa shape index (κ2) is 4.25. The van der Waals surface area contributed by atoms with E-state index >= 15 is 0 Å². The first-order chi connectivity index (χ1) is 9.67. The van der Waals surface area contributed by atoms with Crippen LogP contribution < -0.4 is 4.90 Å². The quantitative estimate of drug-likeness (QED) is 0.657. The number of rotatable bonds is 0. The maximum Gasteiger partial charge on any atom is 0.0441 e. The van der Waals surface area contributed by atoms with Crippen LogP contribution in [0.1, 0.15) is 38.7 Å². The number of benzene rings is 1. The molecule has 1 aliphatic carbocycles. The molecule has 0 N–H and O–H groups in total. The summed E-state index contributed by atoms with van der Waals surface area (Å²) in [4.78, 5) is 2.64. The van der Waals surface area contributed by atoms with Gasteiger partial charge in [-0.15, -0.1) is 0 Å². The van der Waals surface area contributed by atoms with E-state index in [1.807, 2.05) is 0 Å². The van der Waals surface area contributed by atoms with E-state index in [4.69, 9.17) is 0 Å². The highest BCUT2D eigenvalue weighted by Crippen LogP contribution is 2.50. The van der Waals surface area contributed by atoms with Crippen molar-refractivity contribution in [2.45, 2.75) is 39.5 Å². The van der Waals surface area contributed by atoms with Gasteiger partial charge in [-0.3, -0.25) is 0 Å². The molecular weight excluding hydrogens is 242 g/mol. The van der Waals surface area contributed by atoms with Crippen LogP contribution in [-0.2, 0) is 6.42 Å². The Kier molecular flexibility index (Phi) is 2.60. The van der Waals surface area contributed by atoms with Gasteiger partial charge in [0.2, 0.25) is 0 Å². The second-order valence-electron chi connectivity index (χ2n) is 7.12. The van der Waals surface area contributed by atoms with Crippen LogP contribution in [0.2, 0.25) is 0 Å². The lowest BCUT2D eigenvalue weighted by Crippen LogP contribution is -2.44. The highest BCUT2D eigenvalue weighted by atomic mass is 15.2. The minimum atomic E-state index is 0.432. The Morgan fingerprint density at radius 3 is 2.90 bits per heavy atom. The van der Waals surface area contributed by atoms with Crippen molar-refractivity contribution >= 4 is 5.69 Å². The molecule has 1 nitrogen and oxygen atoms in total. The Labute approximate surface area is 122 Å². The number of anilines is 1. The fourth-order valence-electron chi connectivity index (χ4n) is 4.23. The first-order valence-electron chi connectivity index (χ1n) is 7.92. The van der Waals surface area contributed by atoms with Gasteiger partial charge < -0.3 is 4.90 Å². The Hall–Kier alpha value is -1.50. The van der Waals surface area contributed by atoms with E-state index in [9.17, 15) is 0 Å². The fraction of sp³-hybridized carbons (Fsp3) is 0.474. The standard InChI is InChI=1S/C19H23N/c1-19(2)12-13-20-17-9-4-3-6-14(17)10-11-15-7-5-8-16(19)18(15)20/h3-7,9,16H,8,10-13H2,1-2H3. The lowest BCUT2D eigenvalue weighted by molar-refractivity contribution is 0.201. The van der Waals surface area contributed by atoms with E-state index < -0.39 is 0 Å². The number of aryl methyl sites for hydroxylation is 1. The molecule has 1 atom stereocenters. The number of piperidine rings is 1. The lowest BCUT2D eigenvalue weighted by atomic mass is 9.67. The third kappa shape index (κ3) is 1.69. The van der Waals surface area contributed by atoms with Crippen molar-refractivity contribution in [1.29, 1.82) is 0 Å². The minimum Gasteiger partial charge on any atom is -0.344 e. The van der Waals surface area contributed by atoms with E-state index in [1.165, 1.54) is 43.5 Å². The maximum atomic E-state index is 2.64. The van der Waals surface area contributed by atoms with Crippen molar-refractivity contribution in [1.82, 2.24) is 0 Å². The van der Waals surface area contributed by atoms with E-state index in [0.29, 0.717) is 11.3 Å². The van der Waals surface area contributed by atoms with Gasteiger partial charge in [0.15, 0.2) is 0 Å². The highest BCUT2D eigenvalue weighted by Gasteiger charge is 2.42. The predicted molar refractivity (Wildman–Crippen MR) is 84.8 cm³/mol. The molecule has 0 saturated carbocycles. The molecular formula is C19H23N. The third-order valence-corrected chi connectivity index (χ3v) is 5.51. The largest absolute Gasteiger partial charge is 0.344 e. The first-order valence-corrected chi connectivity index (χ1v) is 7.92. The summed E-state index contributed by atoms with van der Waals surface area (Å²) in [5.41, 5.74) is 6.64. The van der Waals surface area contributed by atoms with Crippen LogP contribution in [0, 0.1) is 11.3 Å². The average Bonchev–Trinajstić information content (AvgIpc) is 2.61. The highest BCUT2D eigenvalue weighted by molar-refractivity contribution is 5.63. The molecule has 0 radical (unpaired) electrons. The van der Waals surface area contributed by atoms with Crippen molar-refractivity contribution < 1.29 is 0 Å². The summed E-state index contributed by atoms with van der Waals surface area (Å²) in [7, 11) is 0. The third-order valence-electron chi connectivity index (χ3n) is 5.51. The summed E-state index contributed by atoms with van der Waals surface area (Å²) in [6, 6.07) is 9.01. The summed E-state index contributed by atoms with van der Waals surface area (Å²) in [5, 5.41) is 0. The molecule has 1 aromatic rings. The molecule has 2 heterocycles. The summed E-state index contributed by atoms with van der Waals surface area (Å²) in [6.45, 7) is 6.08. The summed E-state index contributed by atoms with van der Waals surface area (Å²) >= 11 is 0. The molecule has 0 spiro atoms. The number of hydrogen-bond acceptors (Lipinski definition) is 1. The van der Waals surface area contributed by atoms with E-state index in [0.717, 1.165) is 0 Å². The van der Waals surface area contributed by atoms with Crippen molar-refractivity contribution in [3.63, 3.8) is 0 Å². The van der Waals surface area contributed by atoms with Gasteiger partial charge in [0.1, 0.15) is 0 Å². The van der Waals surface area contributed by atoms with Gasteiger partial charge in [-0.25, -0.2) is 0 Å². The van der Waals surface area contributed by atoms with Gasteiger partial charge in [-0.05, 0) is 48.3 Å². The van der Waals surface area contributed by atoms with Gasteiger partial charge in [0.05, 0.1) is 0 Å². The van der Waals surface area contributed by atoms with Crippen LogP contribution in [0.3, 0.4) is 0 Å². The van der Waals surface area contributed by atoms with Crippen molar-refractivity contribution in [3.8, 4) is 0 Å². The number of para-hydroxylation sites is 1. The Morgan fingerprint density at radius 2 is 2.00 bits per heavy atom. The van der Waals surface area contributed by atoms with Crippen LogP contribution in [-0.4, -0.2) is 6.54 Å². The molecule has 0 bridgehead atoms. The van der Waals surface area contributed by atoms with Crippen LogP contribution in [0.15, 0.2) is 47.7 Å². The van der Waals surface area contributed by atoms with E-state index in [2.05, 4.69) is 55.2 Å². The van der Waals surface area contributed by atoms with Gasteiger partial charge in [0.25, 0.3) is 0 Å². The average molecular weight is 265 g/mol. The Bertz CT molecular complexity index is 606. The molecule has 1 heteroatoms. The monoisotopic (exact) mass is 265 g/mol. The summed E-state index contributed by atoms with van der Waals surface area (Å²) in [6.07, 6.45) is 9.69. The molecule has 3 aliphatic rings. The Morgan fingerprint density at radius 1 is 1.15 bits per heavy atom. The van der Waals surface area contributed by atoms with Gasteiger partial charge in [-0.2, -0.15) is 0 Å². The first kappa shape index (κ1) is 12.3. The van der Waals surface area contributed by atoms with Gasteiger partial charge >= 0.3 is 0 Å². The SMILES string of the molecule is CC1(C)CCN2C3=C(C=CCC31)CCc1ccccc12. The second-order valence-corrected chi connectivity index (χ2v) is 7.12.